The Hall–Kier alpha value is -2.86. The molecule has 3 heteroatoms. The third-order valence-electron chi connectivity index (χ3n) is 6.61. The quantitative estimate of drug-likeness (QED) is 0.450. The molecule has 0 aliphatic heterocycles. The van der Waals surface area contributed by atoms with Crippen molar-refractivity contribution in [2.75, 3.05) is 4.90 Å². The summed E-state index contributed by atoms with van der Waals surface area (Å²) in [4.78, 5) is 28.8. The first-order valence-electron chi connectivity index (χ1n) is 11.8. The molecule has 31 heavy (non-hydrogen) atoms. The molecule has 160 valence electrons. The molecule has 0 bridgehead atoms. The molecule has 2 amide bonds. The van der Waals surface area contributed by atoms with Crippen molar-refractivity contribution in [2.24, 2.45) is 11.8 Å². The number of nitrogens with zero attached hydrogens (tertiary/aromatic N) is 1. The fraction of sp³-hybridized carbons (Fsp3) is 0.429. The molecule has 0 N–H and O–H groups in total. The van der Waals surface area contributed by atoms with Crippen LogP contribution in [-0.2, 0) is 9.59 Å². The standard InChI is InChI=1S/C28H31NO2/c30-27(24-15-6-2-7-16-24)29(28(31)25-17-8-3-9-18-25)26-19-11-10-14-23(26)21-20-22-12-4-1-5-13-22/h1,4-5,10-14,19,24-25H,2-3,6-9,15-18H2. The minimum Gasteiger partial charge on any atom is -0.274 e. The molecule has 0 heterocycles. The van der Waals surface area contributed by atoms with Crippen LogP contribution in [0.3, 0.4) is 0 Å². The zero-order valence-corrected chi connectivity index (χ0v) is 18.2. The highest BCUT2D eigenvalue weighted by Crippen LogP contribution is 2.33. The number of para-hydroxylation sites is 1. The van der Waals surface area contributed by atoms with Crippen molar-refractivity contribution < 1.29 is 9.59 Å². The van der Waals surface area contributed by atoms with E-state index in [4.69, 9.17) is 0 Å². The molecule has 2 aromatic carbocycles. The van der Waals surface area contributed by atoms with E-state index in [1.165, 1.54) is 17.7 Å². The van der Waals surface area contributed by atoms with Gasteiger partial charge in [0.1, 0.15) is 0 Å². The summed E-state index contributed by atoms with van der Waals surface area (Å²) in [5, 5.41) is 0. The van der Waals surface area contributed by atoms with Crippen molar-refractivity contribution >= 4 is 17.5 Å². The summed E-state index contributed by atoms with van der Waals surface area (Å²) in [6.07, 6.45) is 10.1. The van der Waals surface area contributed by atoms with Crippen molar-refractivity contribution in [3.63, 3.8) is 0 Å². The minimum absolute atomic E-state index is 0.0239. The van der Waals surface area contributed by atoms with Crippen LogP contribution in [0.4, 0.5) is 5.69 Å². The van der Waals surface area contributed by atoms with Gasteiger partial charge in [0.05, 0.1) is 5.69 Å². The molecule has 2 fully saturated rings. The molecule has 0 saturated heterocycles. The van der Waals surface area contributed by atoms with Crippen LogP contribution in [0.1, 0.15) is 75.3 Å². The van der Waals surface area contributed by atoms with Crippen LogP contribution in [0.5, 0.6) is 0 Å². The summed E-state index contributed by atoms with van der Waals surface area (Å²) < 4.78 is 0. The van der Waals surface area contributed by atoms with Gasteiger partial charge in [0, 0.05) is 23.0 Å². The number of hydrogen-bond acceptors (Lipinski definition) is 2. The maximum Gasteiger partial charge on any atom is 0.236 e. The summed E-state index contributed by atoms with van der Waals surface area (Å²) in [7, 11) is 0. The maximum absolute atomic E-state index is 13.7. The molecule has 2 aromatic rings. The highest BCUT2D eigenvalue weighted by molar-refractivity contribution is 6.17. The Bertz CT molecular complexity index is 927. The highest BCUT2D eigenvalue weighted by Gasteiger charge is 2.35. The van der Waals surface area contributed by atoms with Crippen LogP contribution in [0, 0.1) is 23.7 Å². The molecule has 4 rings (SSSR count). The van der Waals surface area contributed by atoms with Crippen molar-refractivity contribution in [3.05, 3.63) is 65.7 Å². The second kappa shape index (κ2) is 10.4. The molecule has 2 aliphatic rings. The predicted octanol–water partition coefficient (Wildman–Crippen LogP) is 6.11. The fourth-order valence-electron chi connectivity index (χ4n) is 4.85. The van der Waals surface area contributed by atoms with E-state index in [9.17, 15) is 9.59 Å². The van der Waals surface area contributed by atoms with Crippen LogP contribution in [0.15, 0.2) is 54.6 Å². The second-order valence-corrected chi connectivity index (χ2v) is 8.81. The lowest BCUT2D eigenvalue weighted by Gasteiger charge is -2.32. The van der Waals surface area contributed by atoms with E-state index in [-0.39, 0.29) is 23.7 Å². The molecule has 2 saturated carbocycles. The second-order valence-electron chi connectivity index (χ2n) is 8.81. The van der Waals surface area contributed by atoms with E-state index in [0.29, 0.717) is 5.69 Å². The van der Waals surface area contributed by atoms with Gasteiger partial charge in [-0.05, 0) is 49.9 Å². The first-order chi connectivity index (χ1) is 15.2. The van der Waals surface area contributed by atoms with E-state index in [1.54, 1.807) is 0 Å². The van der Waals surface area contributed by atoms with Crippen molar-refractivity contribution in [1.82, 2.24) is 0 Å². The third-order valence-corrected chi connectivity index (χ3v) is 6.61. The number of anilines is 1. The summed E-state index contributed by atoms with van der Waals surface area (Å²) in [5.74, 6) is 6.26. The van der Waals surface area contributed by atoms with Crippen molar-refractivity contribution in [3.8, 4) is 11.8 Å². The number of carbonyl (C=O) groups excluding carboxylic acids is 2. The van der Waals surface area contributed by atoms with Crippen LogP contribution in [0.2, 0.25) is 0 Å². The Morgan fingerprint density at radius 3 is 1.74 bits per heavy atom. The number of rotatable bonds is 3. The van der Waals surface area contributed by atoms with E-state index in [1.807, 2.05) is 54.6 Å². The van der Waals surface area contributed by atoms with E-state index < -0.39 is 0 Å². The number of amides is 2. The largest absolute Gasteiger partial charge is 0.274 e. The van der Waals surface area contributed by atoms with Crippen LogP contribution < -0.4 is 4.90 Å². The van der Waals surface area contributed by atoms with Crippen LogP contribution in [-0.4, -0.2) is 11.8 Å². The first-order valence-corrected chi connectivity index (χ1v) is 11.8. The van der Waals surface area contributed by atoms with Gasteiger partial charge in [0.15, 0.2) is 0 Å². The average molecular weight is 414 g/mol. The predicted molar refractivity (Wildman–Crippen MR) is 125 cm³/mol. The Balaban J connectivity index is 1.70. The number of hydrogen-bond donors (Lipinski definition) is 0. The summed E-state index contributed by atoms with van der Waals surface area (Å²) in [6.45, 7) is 0. The smallest absolute Gasteiger partial charge is 0.236 e. The van der Waals surface area contributed by atoms with Crippen molar-refractivity contribution in [2.45, 2.75) is 64.2 Å². The molecule has 0 atom stereocenters. The summed E-state index contributed by atoms with van der Waals surface area (Å²) >= 11 is 0. The van der Waals surface area contributed by atoms with Gasteiger partial charge in [0.25, 0.3) is 0 Å². The number of carbonyl (C=O) groups is 2. The van der Waals surface area contributed by atoms with Gasteiger partial charge in [-0.3, -0.25) is 9.59 Å². The molecule has 2 aliphatic carbocycles. The molecular weight excluding hydrogens is 382 g/mol. The lowest BCUT2D eigenvalue weighted by Crippen LogP contribution is -2.45. The topological polar surface area (TPSA) is 37.4 Å². The van der Waals surface area contributed by atoms with Gasteiger partial charge in [-0.15, -0.1) is 0 Å². The lowest BCUT2D eigenvalue weighted by molar-refractivity contribution is -0.131. The van der Waals surface area contributed by atoms with Crippen molar-refractivity contribution in [1.29, 1.82) is 0 Å². The highest BCUT2D eigenvalue weighted by atomic mass is 16.2. The summed E-state index contributed by atoms with van der Waals surface area (Å²) in [6, 6.07) is 17.4. The Labute approximate surface area is 185 Å². The fourth-order valence-corrected chi connectivity index (χ4v) is 4.85. The van der Waals surface area contributed by atoms with E-state index in [2.05, 4.69) is 11.8 Å². The number of benzene rings is 2. The Kier molecular flexibility index (Phi) is 7.20. The molecular formula is C28H31NO2. The van der Waals surface area contributed by atoms with Gasteiger partial charge < -0.3 is 0 Å². The molecule has 0 unspecified atom stereocenters. The molecule has 0 radical (unpaired) electrons. The van der Waals surface area contributed by atoms with Gasteiger partial charge >= 0.3 is 0 Å². The molecule has 3 nitrogen and oxygen atoms in total. The normalized spacial score (nSPS) is 17.4. The Morgan fingerprint density at radius 2 is 1.16 bits per heavy atom. The maximum atomic E-state index is 13.7. The first kappa shape index (κ1) is 21.4. The van der Waals surface area contributed by atoms with Gasteiger partial charge in [-0.2, -0.15) is 0 Å². The van der Waals surface area contributed by atoms with Crippen LogP contribution >= 0.6 is 0 Å². The molecule has 0 spiro atoms. The third kappa shape index (κ3) is 5.25. The van der Waals surface area contributed by atoms with Gasteiger partial charge in [-0.1, -0.05) is 80.7 Å². The van der Waals surface area contributed by atoms with Crippen LogP contribution in [0.25, 0.3) is 0 Å². The zero-order valence-electron chi connectivity index (χ0n) is 18.2. The SMILES string of the molecule is O=C(C1CCCCC1)N(C(=O)C1CCCCC1)c1ccccc1C#Cc1ccccc1. The zero-order chi connectivity index (χ0) is 21.5. The minimum atomic E-state index is -0.0589. The van der Waals surface area contributed by atoms with E-state index >= 15 is 0 Å². The monoisotopic (exact) mass is 413 g/mol. The Morgan fingerprint density at radius 1 is 0.645 bits per heavy atom. The van der Waals surface area contributed by atoms with E-state index in [0.717, 1.165) is 62.5 Å². The lowest BCUT2D eigenvalue weighted by atomic mass is 9.85. The molecule has 0 aromatic heterocycles. The number of imide groups is 1. The van der Waals surface area contributed by atoms with Gasteiger partial charge in [-0.25, -0.2) is 4.90 Å². The van der Waals surface area contributed by atoms with Gasteiger partial charge in [0.2, 0.25) is 11.8 Å². The average Bonchev–Trinajstić information content (AvgIpc) is 2.85. The summed E-state index contributed by atoms with van der Waals surface area (Å²) in [5.41, 5.74) is 2.30.